The molecule has 22 heavy (non-hydrogen) atoms. The Morgan fingerprint density at radius 3 is 2.86 bits per heavy atom. The summed E-state index contributed by atoms with van der Waals surface area (Å²) in [6, 6.07) is 5.61. The van der Waals surface area contributed by atoms with Crippen molar-refractivity contribution >= 4 is 11.7 Å². The fourth-order valence-corrected chi connectivity index (χ4v) is 2.55. The van der Waals surface area contributed by atoms with Crippen LogP contribution in [0.2, 0.25) is 0 Å². The van der Waals surface area contributed by atoms with Crippen molar-refractivity contribution in [3.05, 3.63) is 47.7 Å². The van der Waals surface area contributed by atoms with Gasteiger partial charge in [-0.05, 0) is 31.4 Å². The normalized spacial score (nSPS) is 14.1. The van der Waals surface area contributed by atoms with Crippen molar-refractivity contribution in [2.45, 2.75) is 26.3 Å². The highest BCUT2D eigenvalue weighted by molar-refractivity contribution is 5.93. The number of aromatic nitrogens is 3. The van der Waals surface area contributed by atoms with Crippen molar-refractivity contribution in [2.24, 2.45) is 0 Å². The lowest BCUT2D eigenvalue weighted by Gasteiger charge is -2.15. The van der Waals surface area contributed by atoms with Crippen molar-refractivity contribution in [1.29, 1.82) is 0 Å². The fourth-order valence-electron chi connectivity index (χ4n) is 2.55. The average molecular weight is 297 g/mol. The van der Waals surface area contributed by atoms with Crippen molar-refractivity contribution in [1.82, 2.24) is 19.9 Å². The molecule has 6 heteroatoms. The number of anilines is 1. The molecule has 114 valence electrons. The van der Waals surface area contributed by atoms with Gasteiger partial charge in [-0.25, -0.2) is 9.97 Å². The highest BCUT2D eigenvalue weighted by atomic mass is 16.2. The summed E-state index contributed by atoms with van der Waals surface area (Å²) in [5, 5.41) is 3.23. The Labute approximate surface area is 129 Å². The van der Waals surface area contributed by atoms with Gasteiger partial charge < -0.3 is 10.2 Å². The van der Waals surface area contributed by atoms with Crippen LogP contribution in [0.5, 0.6) is 0 Å². The number of rotatable bonds is 4. The molecule has 0 aromatic carbocycles. The summed E-state index contributed by atoms with van der Waals surface area (Å²) in [4.78, 5) is 27.0. The van der Waals surface area contributed by atoms with Gasteiger partial charge in [-0.3, -0.25) is 9.78 Å². The smallest absolute Gasteiger partial charge is 0.272 e. The maximum Gasteiger partial charge on any atom is 0.272 e. The van der Waals surface area contributed by atoms with E-state index in [-0.39, 0.29) is 5.91 Å². The Bertz CT molecular complexity index is 653. The summed E-state index contributed by atoms with van der Waals surface area (Å²) in [6.45, 7) is 4.05. The summed E-state index contributed by atoms with van der Waals surface area (Å²) in [5.41, 5.74) is 1.52. The molecule has 2 aromatic heterocycles. The largest absolute Gasteiger partial charge is 0.366 e. The number of carbonyl (C=O) groups excluding carboxylic acids is 1. The van der Waals surface area contributed by atoms with Crippen LogP contribution in [-0.2, 0) is 6.54 Å². The van der Waals surface area contributed by atoms with Crippen molar-refractivity contribution in [3.63, 3.8) is 0 Å². The first-order chi connectivity index (χ1) is 10.7. The molecule has 0 aliphatic carbocycles. The molecular formula is C16H19N5O. The van der Waals surface area contributed by atoms with E-state index in [4.69, 9.17) is 0 Å². The zero-order valence-electron chi connectivity index (χ0n) is 12.6. The Balaban J connectivity index is 1.73. The number of hydrogen-bond donors (Lipinski definition) is 1. The maximum absolute atomic E-state index is 12.4. The molecule has 0 radical (unpaired) electrons. The first-order valence-electron chi connectivity index (χ1n) is 7.50. The van der Waals surface area contributed by atoms with Crippen LogP contribution in [0.4, 0.5) is 5.82 Å². The van der Waals surface area contributed by atoms with E-state index in [1.54, 1.807) is 25.4 Å². The molecule has 6 nitrogen and oxygen atoms in total. The summed E-state index contributed by atoms with van der Waals surface area (Å²) >= 11 is 0. The molecule has 2 aromatic rings. The molecule has 1 fully saturated rings. The molecule has 1 N–H and O–H groups in total. The third-order valence-corrected chi connectivity index (χ3v) is 3.65. The monoisotopic (exact) mass is 297 g/mol. The van der Waals surface area contributed by atoms with Crippen LogP contribution in [0.15, 0.2) is 30.6 Å². The van der Waals surface area contributed by atoms with E-state index in [1.807, 2.05) is 17.0 Å². The quantitative estimate of drug-likeness (QED) is 0.935. The predicted octanol–water partition coefficient (Wildman–Crippen LogP) is 2.03. The number of amides is 1. The van der Waals surface area contributed by atoms with E-state index in [9.17, 15) is 4.79 Å². The molecule has 1 aliphatic rings. The molecule has 1 amide bonds. The minimum Gasteiger partial charge on any atom is -0.366 e. The number of pyridine rings is 1. The van der Waals surface area contributed by atoms with Gasteiger partial charge in [0.05, 0.1) is 0 Å². The molecule has 3 heterocycles. The van der Waals surface area contributed by atoms with Crippen LogP contribution < -0.4 is 5.32 Å². The van der Waals surface area contributed by atoms with Gasteiger partial charge in [0, 0.05) is 38.1 Å². The van der Waals surface area contributed by atoms with Gasteiger partial charge in [0.15, 0.2) is 0 Å². The SMILES string of the molecule is Cc1nc(NCc2cccnc2)cc(C(=O)N2CCCC2)n1. The second-order valence-corrected chi connectivity index (χ2v) is 5.40. The van der Waals surface area contributed by atoms with E-state index in [1.165, 1.54) is 0 Å². The predicted molar refractivity (Wildman–Crippen MR) is 83.5 cm³/mol. The molecular weight excluding hydrogens is 278 g/mol. The number of likely N-dealkylation sites (tertiary alicyclic amines) is 1. The minimum absolute atomic E-state index is 0.00701. The zero-order chi connectivity index (χ0) is 15.4. The fraction of sp³-hybridized carbons (Fsp3) is 0.375. The third kappa shape index (κ3) is 3.39. The van der Waals surface area contributed by atoms with Gasteiger partial charge in [0.2, 0.25) is 0 Å². The van der Waals surface area contributed by atoms with Gasteiger partial charge in [0.1, 0.15) is 17.3 Å². The summed E-state index contributed by atoms with van der Waals surface area (Å²) in [7, 11) is 0. The third-order valence-electron chi connectivity index (χ3n) is 3.65. The van der Waals surface area contributed by atoms with E-state index in [2.05, 4.69) is 20.3 Å². The molecule has 0 atom stereocenters. The highest BCUT2D eigenvalue weighted by Gasteiger charge is 2.21. The van der Waals surface area contributed by atoms with Gasteiger partial charge in [-0.15, -0.1) is 0 Å². The van der Waals surface area contributed by atoms with Crippen molar-refractivity contribution < 1.29 is 4.79 Å². The van der Waals surface area contributed by atoms with Crippen LogP contribution >= 0.6 is 0 Å². The van der Waals surface area contributed by atoms with Crippen LogP contribution in [0, 0.1) is 6.92 Å². The molecule has 3 rings (SSSR count). The summed E-state index contributed by atoms with van der Waals surface area (Å²) in [6.07, 6.45) is 5.69. The standard InChI is InChI=1S/C16H19N5O/c1-12-19-14(16(22)21-7-2-3-8-21)9-15(20-12)18-11-13-5-4-6-17-10-13/h4-6,9-10H,2-3,7-8,11H2,1H3,(H,18,19,20). The van der Waals surface area contributed by atoms with Crippen molar-refractivity contribution in [3.8, 4) is 0 Å². The number of nitrogens with zero attached hydrogens (tertiary/aromatic N) is 4. The average Bonchev–Trinajstić information content (AvgIpc) is 3.07. The second kappa shape index (κ2) is 6.51. The molecule has 0 saturated carbocycles. The lowest BCUT2D eigenvalue weighted by atomic mass is 10.3. The molecule has 0 spiro atoms. The molecule has 1 saturated heterocycles. The van der Waals surface area contributed by atoms with E-state index in [0.29, 0.717) is 23.9 Å². The first kappa shape index (κ1) is 14.4. The van der Waals surface area contributed by atoms with E-state index >= 15 is 0 Å². The highest BCUT2D eigenvalue weighted by Crippen LogP contribution is 2.14. The van der Waals surface area contributed by atoms with Crippen LogP contribution in [0.3, 0.4) is 0 Å². The van der Waals surface area contributed by atoms with Crippen LogP contribution in [-0.4, -0.2) is 38.8 Å². The maximum atomic E-state index is 12.4. The molecule has 0 bridgehead atoms. The van der Waals surface area contributed by atoms with Gasteiger partial charge in [-0.2, -0.15) is 0 Å². The Kier molecular flexibility index (Phi) is 4.27. The first-order valence-corrected chi connectivity index (χ1v) is 7.50. The van der Waals surface area contributed by atoms with E-state index in [0.717, 1.165) is 31.5 Å². The molecule has 0 unspecified atom stereocenters. The van der Waals surface area contributed by atoms with Crippen molar-refractivity contribution in [2.75, 3.05) is 18.4 Å². The summed E-state index contributed by atoms with van der Waals surface area (Å²) < 4.78 is 0. The minimum atomic E-state index is -0.00701. The van der Waals surface area contributed by atoms with Crippen LogP contribution in [0.25, 0.3) is 0 Å². The van der Waals surface area contributed by atoms with Crippen LogP contribution in [0.1, 0.15) is 34.7 Å². The molecule has 1 aliphatic heterocycles. The van der Waals surface area contributed by atoms with E-state index < -0.39 is 0 Å². The number of hydrogen-bond acceptors (Lipinski definition) is 5. The zero-order valence-corrected chi connectivity index (χ0v) is 12.6. The van der Waals surface area contributed by atoms with Gasteiger partial charge in [0.25, 0.3) is 5.91 Å². The number of aryl methyl sites for hydroxylation is 1. The lowest BCUT2D eigenvalue weighted by Crippen LogP contribution is -2.28. The summed E-state index contributed by atoms with van der Waals surface area (Å²) in [5.74, 6) is 1.25. The topological polar surface area (TPSA) is 71.0 Å². The second-order valence-electron chi connectivity index (χ2n) is 5.40. The number of nitrogens with one attached hydrogen (secondary N) is 1. The Hall–Kier alpha value is -2.50. The lowest BCUT2D eigenvalue weighted by molar-refractivity contribution is 0.0786. The van der Waals surface area contributed by atoms with Gasteiger partial charge in [-0.1, -0.05) is 6.07 Å². The Morgan fingerprint density at radius 1 is 1.32 bits per heavy atom. The Morgan fingerprint density at radius 2 is 2.14 bits per heavy atom. The van der Waals surface area contributed by atoms with Gasteiger partial charge >= 0.3 is 0 Å². The number of carbonyl (C=O) groups is 1.